The SMILES string of the molecule is Cc1c(Cl)nc(C(C)(C)C)nc1NCCNC(N)=O. The minimum absolute atomic E-state index is 0.181. The average molecular weight is 286 g/mol. The fourth-order valence-corrected chi connectivity index (χ4v) is 1.53. The number of hydrogen-bond donors (Lipinski definition) is 3. The lowest BCUT2D eigenvalue weighted by atomic mass is 9.95. The van der Waals surface area contributed by atoms with Crippen LogP contribution in [0.4, 0.5) is 10.6 Å². The Labute approximate surface area is 118 Å². The fourth-order valence-electron chi connectivity index (χ4n) is 1.36. The zero-order valence-electron chi connectivity index (χ0n) is 11.7. The summed E-state index contributed by atoms with van der Waals surface area (Å²) in [5.41, 5.74) is 5.59. The molecule has 1 rings (SSSR count). The molecular weight excluding hydrogens is 266 g/mol. The van der Waals surface area contributed by atoms with E-state index in [4.69, 9.17) is 17.3 Å². The molecule has 106 valence electrons. The van der Waals surface area contributed by atoms with Gasteiger partial charge >= 0.3 is 6.03 Å². The molecule has 0 aliphatic heterocycles. The van der Waals surface area contributed by atoms with Crippen LogP contribution in [0.3, 0.4) is 0 Å². The summed E-state index contributed by atoms with van der Waals surface area (Å²) >= 11 is 6.11. The van der Waals surface area contributed by atoms with E-state index in [2.05, 4.69) is 20.6 Å². The molecule has 0 spiro atoms. The number of nitrogens with one attached hydrogen (secondary N) is 2. The molecule has 0 aliphatic rings. The zero-order valence-corrected chi connectivity index (χ0v) is 12.4. The van der Waals surface area contributed by atoms with Crippen molar-refractivity contribution in [3.63, 3.8) is 0 Å². The number of hydrogen-bond acceptors (Lipinski definition) is 4. The third-order valence-electron chi connectivity index (χ3n) is 2.47. The van der Waals surface area contributed by atoms with Gasteiger partial charge in [0.2, 0.25) is 0 Å². The molecule has 1 aromatic heterocycles. The Morgan fingerprint density at radius 2 is 1.95 bits per heavy atom. The van der Waals surface area contributed by atoms with E-state index in [-0.39, 0.29) is 5.41 Å². The molecule has 0 radical (unpaired) electrons. The maximum absolute atomic E-state index is 10.6. The van der Waals surface area contributed by atoms with Gasteiger partial charge in [0.05, 0.1) is 0 Å². The number of aromatic nitrogens is 2. The van der Waals surface area contributed by atoms with Gasteiger partial charge < -0.3 is 16.4 Å². The second-order valence-corrected chi connectivity index (χ2v) is 5.64. The van der Waals surface area contributed by atoms with Crippen LogP contribution in [-0.2, 0) is 5.41 Å². The number of halogens is 1. The van der Waals surface area contributed by atoms with E-state index in [1.165, 1.54) is 0 Å². The lowest BCUT2D eigenvalue weighted by Gasteiger charge is -2.19. The van der Waals surface area contributed by atoms with Gasteiger partial charge in [0, 0.05) is 24.1 Å². The normalized spacial score (nSPS) is 11.2. The van der Waals surface area contributed by atoms with Crippen molar-refractivity contribution in [1.29, 1.82) is 0 Å². The van der Waals surface area contributed by atoms with E-state index in [0.717, 1.165) is 5.56 Å². The molecule has 0 saturated carbocycles. The second-order valence-electron chi connectivity index (χ2n) is 5.28. The number of amides is 2. The van der Waals surface area contributed by atoms with Crippen molar-refractivity contribution in [2.24, 2.45) is 5.73 Å². The van der Waals surface area contributed by atoms with E-state index in [1.54, 1.807) is 0 Å². The van der Waals surface area contributed by atoms with Gasteiger partial charge in [0.15, 0.2) is 0 Å². The Morgan fingerprint density at radius 1 is 1.32 bits per heavy atom. The Hall–Kier alpha value is -1.56. The Morgan fingerprint density at radius 3 is 2.47 bits per heavy atom. The third kappa shape index (κ3) is 4.55. The standard InChI is InChI=1S/C12H20ClN5O/c1-7-8(13)17-10(12(2,3)4)18-9(7)15-5-6-16-11(14)19/h5-6H2,1-4H3,(H3,14,16,19)(H,15,17,18). The van der Waals surface area contributed by atoms with Crippen molar-refractivity contribution in [3.8, 4) is 0 Å². The number of anilines is 1. The molecule has 0 atom stereocenters. The number of urea groups is 1. The van der Waals surface area contributed by atoms with Gasteiger partial charge in [-0.15, -0.1) is 0 Å². The number of carbonyl (C=O) groups excluding carboxylic acids is 1. The topological polar surface area (TPSA) is 92.9 Å². The van der Waals surface area contributed by atoms with Gasteiger partial charge in [-0.05, 0) is 6.92 Å². The first kappa shape index (κ1) is 15.5. The second kappa shape index (κ2) is 6.06. The molecule has 0 fully saturated rings. The molecule has 6 nitrogen and oxygen atoms in total. The molecule has 1 heterocycles. The van der Waals surface area contributed by atoms with Gasteiger partial charge in [-0.1, -0.05) is 32.4 Å². The molecule has 0 aromatic carbocycles. The van der Waals surface area contributed by atoms with Crippen LogP contribution in [0.15, 0.2) is 0 Å². The predicted octanol–water partition coefficient (Wildman–Crippen LogP) is 1.82. The summed E-state index contributed by atoms with van der Waals surface area (Å²) in [6.45, 7) is 8.84. The lowest BCUT2D eigenvalue weighted by Crippen LogP contribution is -2.33. The Kier molecular flexibility index (Phi) is 4.94. The highest BCUT2D eigenvalue weighted by molar-refractivity contribution is 6.30. The van der Waals surface area contributed by atoms with Gasteiger partial charge in [0.25, 0.3) is 0 Å². The minimum Gasteiger partial charge on any atom is -0.368 e. The van der Waals surface area contributed by atoms with Crippen molar-refractivity contribution in [3.05, 3.63) is 16.5 Å². The van der Waals surface area contributed by atoms with E-state index in [1.807, 2.05) is 27.7 Å². The van der Waals surface area contributed by atoms with E-state index in [9.17, 15) is 4.79 Å². The average Bonchev–Trinajstić information content (AvgIpc) is 2.27. The maximum Gasteiger partial charge on any atom is 0.312 e. The molecule has 0 saturated heterocycles. The summed E-state index contributed by atoms with van der Waals surface area (Å²) in [5.74, 6) is 1.35. The molecular formula is C12H20ClN5O. The third-order valence-corrected chi connectivity index (χ3v) is 2.84. The highest BCUT2D eigenvalue weighted by Gasteiger charge is 2.20. The first-order chi connectivity index (χ1) is 8.71. The van der Waals surface area contributed by atoms with Crippen molar-refractivity contribution >= 4 is 23.4 Å². The van der Waals surface area contributed by atoms with Crippen LogP contribution < -0.4 is 16.4 Å². The maximum atomic E-state index is 10.6. The van der Waals surface area contributed by atoms with Crippen molar-refractivity contribution < 1.29 is 4.79 Å². The van der Waals surface area contributed by atoms with Crippen LogP contribution in [0.5, 0.6) is 0 Å². The van der Waals surface area contributed by atoms with Crippen LogP contribution in [0.25, 0.3) is 0 Å². The van der Waals surface area contributed by atoms with Crippen molar-refractivity contribution in [2.45, 2.75) is 33.1 Å². The molecule has 7 heteroatoms. The number of nitrogens with zero attached hydrogens (tertiary/aromatic N) is 2. The minimum atomic E-state index is -0.547. The Balaban J connectivity index is 2.82. The zero-order chi connectivity index (χ0) is 14.6. The first-order valence-electron chi connectivity index (χ1n) is 6.03. The van der Waals surface area contributed by atoms with E-state index < -0.39 is 6.03 Å². The number of rotatable bonds is 4. The summed E-state index contributed by atoms with van der Waals surface area (Å²) in [4.78, 5) is 19.3. The number of nitrogens with two attached hydrogens (primary N) is 1. The molecule has 0 aliphatic carbocycles. The number of carbonyl (C=O) groups is 1. The van der Waals surface area contributed by atoms with Crippen molar-refractivity contribution in [2.75, 3.05) is 18.4 Å². The highest BCUT2D eigenvalue weighted by atomic mass is 35.5. The molecule has 1 aromatic rings. The quantitative estimate of drug-likeness (QED) is 0.581. The summed E-state index contributed by atoms with van der Waals surface area (Å²) < 4.78 is 0. The van der Waals surface area contributed by atoms with Gasteiger partial charge in [-0.3, -0.25) is 0 Å². The van der Waals surface area contributed by atoms with Gasteiger partial charge in [-0.2, -0.15) is 0 Å². The lowest BCUT2D eigenvalue weighted by molar-refractivity contribution is 0.249. The van der Waals surface area contributed by atoms with Crippen molar-refractivity contribution in [1.82, 2.24) is 15.3 Å². The molecule has 0 bridgehead atoms. The Bertz CT molecular complexity index is 470. The predicted molar refractivity (Wildman–Crippen MR) is 76.6 cm³/mol. The van der Waals surface area contributed by atoms with E-state index >= 15 is 0 Å². The van der Waals surface area contributed by atoms with Crippen LogP contribution in [0.2, 0.25) is 5.15 Å². The molecule has 2 amide bonds. The molecule has 19 heavy (non-hydrogen) atoms. The summed E-state index contributed by atoms with van der Waals surface area (Å²) in [6, 6.07) is -0.547. The highest BCUT2D eigenvalue weighted by Crippen LogP contribution is 2.25. The van der Waals surface area contributed by atoms with Crippen LogP contribution >= 0.6 is 11.6 Å². The summed E-state index contributed by atoms with van der Waals surface area (Å²) in [7, 11) is 0. The largest absolute Gasteiger partial charge is 0.368 e. The monoisotopic (exact) mass is 285 g/mol. The first-order valence-corrected chi connectivity index (χ1v) is 6.41. The fraction of sp³-hybridized carbons (Fsp3) is 0.583. The molecule has 0 unspecified atom stereocenters. The van der Waals surface area contributed by atoms with Crippen LogP contribution in [-0.4, -0.2) is 29.1 Å². The summed E-state index contributed by atoms with van der Waals surface area (Å²) in [5, 5.41) is 6.05. The van der Waals surface area contributed by atoms with Crippen LogP contribution in [0.1, 0.15) is 32.2 Å². The smallest absolute Gasteiger partial charge is 0.312 e. The van der Waals surface area contributed by atoms with Gasteiger partial charge in [-0.25, -0.2) is 14.8 Å². The van der Waals surface area contributed by atoms with Gasteiger partial charge in [0.1, 0.15) is 16.8 Å². The van der Waals surface area contributed by atoms with Crippen LogP contribution in [0, 0.1) is 6.92 Å². The number of primary amides is 1. The summed E-state index contributed by atoms with van der Waals surface area (Å²) in [6.07, 6.45) is 0. The molecule has 4 N–H and O–H groups in total. The van der Waals surface area contributed by atoms with E-state index in [0.29, 0.717) is 29.9 Å².